The Morgan fingerprint density at radius 3 is 1.38 bits per heavy atom. The van der Waals surface area contributed by atoms with Gasteiger partial charge in [0.15, 0.2) is 16.6 Å². The minimum Gasteiger partial charge on any atom is -0.415 e. The maximum atomic E-state index is 7.68. The Balaban J connectivity index is 6.85. The van der Waals surface area contributed by atoms with Crippen molar-refractivity contribution >= 4 is 41.3 Å². The first kappa shape index (κ1) is 40.9. The molecule has 0 aromatic heterocycles. The minimum absolute atomic E-state index is 0.0728. The van der Waals surface area contributed by atoms with Crippen molar-refractivity contribution in [1.29, 1.82) is 0 Å². The molecule has 0 amide bonds. The van der Waals surface area contributed by atoms with Gasteiger partial charge in [0, 0.05) is 10.3 Å². The first-order valence-corrected chi connectivity index (χ1v) is 32.0. The van der Waals surface area contributed by atoms with E-state index in [1.807, 2.05) is 0 Å². The molecule has 9 heteroatoms. The van der Waals surface area contributed by atoms with Crippen LogP contribution in [0.1, 0.15) is 94.4 Å². The molecule has 0 aromatic carbocycles. The zero-order chi connectivity index (χ0) is 32.4. The summed E-state index contributed by atoms with van der Waals surface area (Å²) in [5.41, 5.74) is -0.109. The Morgan fingerprint density at radius 2 is 1.05 bits per heavy atom. The second-order valence-corrected chi connectivity index (χ2v) is 39.9. The maximum absolute atomic E-state index is 7.68. The molecule has 0 aliphatic carbocycles. The highest BCUT2D eigenvalue weighted by Gasteiger charge is 2.62. The summed E-state index contributed by atoms with van der Waals surface area (Å²) in [6.45, 7) is 49.7. The normalized spacial score (nSPS) is 18.8. The van der Waals surface area contributed by atoms with E-state index in [4.69, 9.17) is 17.7 Å². The maximum Gasteiger partial charge on any atom is 0.216 e. The highest BCUT2D eigenvalue weighted by Crippen LogP contribution is 2.59. The summed E-state index contributed by atoms with van der Waals surface area (Å²) < 4.78 is 29.1. The summed E-state index contributed by atoms with van der Waals surface area (Å²) >= 11 is 0. The van der Waals surface area contributed by atoms with Crippen molar-refractivity contribution < 1.29 is 17.7 Å². The average Bonchev–Trinajstić information content (AvgIpc) is 2.74. The Kier molecular flexibility index (Phi) is 13.8. The average molecular weight is 651 g/mol. The van der Waals surface area contributed by atoms with Gasteiger partial charge in [-0.25, -0.2) is 0 Å². The van der Waals surface area contributed by atoms with Gasteiger partial charge in [0.2, 0.25) is 16.6 Å². The number of hydrogen-bond acceptors (Lipinski definition) is 4. The van der Waals surface area contributed by atoms with E-state index in [0.717, 1.165) is 32.1 Å². The van der Waals surface area contributed by atoms with Crippen LogP contribution in [0.3, 0.4) is 0 Å². The van der Waals surface area contributed by atoms with E-state index in [1.54, 1.807) is 0 Å². The zero-order valence-corrected chi connectivity index (χ0v) is 36.2. The predicted molar refractivity (Wildman–Crippen MR) is 192 cm³/mol. The van der Waals surface area contributed by atoms with Gasteiger partial charge >= 0.3 is 0 Å². The van der Waals surface area contributed by atoms with Crippen LogP contribution in [0, 0.1) is 0 Å². The van der Waals surface area contributed by atoms with Crippen LogP contribution in [0.2, 0.25) is 83.6 Å². The van der Waals surface area contributed by atoms with Crippen LogP contribution in [-0.2, 0) is 17.7 Å². The van der Waals surface area contributed by atoms with Crippen LogP contribution >= 0.6 is 0 Å². The van der Waals surface area contributed by atoms with E-state index in [1.165, 1.54) is 0 Å². The predicted octanol–water partition coefficient (Wildman–Crippen LogP) is 10.9. The number of rotatable bonds is 18. The first-order chi connectivity index (χ1) is 17.5. The molecular weight excluding hydrogens is 577 g/mol. The van der Waals surface area contributed by atoms with Gasteiger partial charge in [-0.15, -0.1) is 0 Å². The van der Waals surface area contributed by atoms with Gasteiger partial charge in [0.1, 0.15) is 0 Å². The summed E-state index contributed by atoms with van der Waals surface area (Å²) in [6.07, 6.45) is 5.15. The summed E-state index contributed by atoms with van der Waals surface area (Å²) in [7, 11) is -10.1. The molecule has 0 aliphatic heterocycles. The Hall–Kier alpha value is 0.924. The lowest BCUT2D eigenvalue weighted by Crippen LogP contribution is -2.69. The van der Waals surface area contributed by atoms with Gasteiger partial charge in [-0.3, -0.25) is 0 Å². The summed E-state index contributed by atoms with van der Waals surface area (Å²) in [5.74, 6) is 0. The highest BCUT2D eigenvalue weighted by molar-refractivity contribution is 6.82. The van der Waals surface area contributed by atoms with E-state index in [2.05, 4.69) is 141 Å². The van der Waals surface area contributed by atoms with Gasteiger partial charge in [-0.1, -0.05) is 60.7 Å². The molecule has 0 saturated heterocycles. The van der Waals surface area contributed by atoms with Crippen molar-refractivity contribution in [3.63, 3.8) is 0 Å². The molecule has 0 aromatic rings. The van der Waals surface area contributed by atoms with Crippen LogP contribution in [0.5, 0.6) is 0 Å². The van der Waals surface area contributed by atoms with E-state index < -0.39 is 41.3 Å². The fourth-order valence-electron chi connectivity index (χ4n) is 6.32. The smallest absolute Gasteiger partial charge is 0.216 e. The lowest BCUT2D eigenvalue weighted by molar-refractivity contribution is -0.0222. The lowest BCUT2D eigenvalue weighted by atomic mass is 9.80. The Bertz CT molecular complexity index is 797. The van der Waals surface area contributed by atoms with Crippen molar-refractivity contribution in [3.8, 4) is 0 Å². The molecule has 4 nitrogen and oxygen atoms in total. The summed E-state index contributed by atoms with van der Waals surface area (Å²) in [4.78, 5) is 0. The van der Waals surface area contributed by atoms with Gasteiger partial charge in [-0.2, -0.15) is 0 Å². The second kappa shape index (κ2) is 13.5. The largest absolute Gasteiger partial charge is 0.415 e. The third-order valence-electron chi connectivity index (χ3n) is 10.9. The van der Waals surface area contributed by atoms with E-state index in [9.17, 15) is 0 Å². The minimum atomic E-state index is -2.39. The van der Waals surface area contributed by atoms with Crippen molar-refractivity contribution in [2.24, 2.45) is 0 Å². The van der Waals surface area contributed by atoms with Crippen molar-refractivity contribution in [2.75, 3.05) is 0 Å². The Morgan fingerprint density at radius 1 is 0.600 bits per heavy atom. The molecule has 0 bridgehead atoms. The van der Waals surface area contributed by atoms with Crippen LogP contribution in [0.15, 0.2) is 0 Å². The molecule has 0 rings (SSSR count). The van der Waals surface area contributed by atoms with Gasteiger partial charge in [-0.05, 0) is 112 Å². The van der Waals surface area contributed by atoms with Gasteiger partial charge in [0.25, 0.3) is 0 Å². The lowest BCUT2D eigenvalue weighted by Gasteiger charge is -2.60. The van der Waals surface area contributed by atoms with Gasteiger partial charge in [0.05, 0.1) is 24.6 Å². The fraction of sp³-hybridized carbons (Fsp3) is 1.00. The quantitative estimate of drug-likeness (QED) is 0.138. The first-order valence-electron chi connectivity index (χ1n) is 16.3. The summed E-state index contributed by atoms with van der Waals surface area (Å²) in [6, 6.07) is 0. The molecule has 0 spiro atoms. The molecule has 0 N–H and O–H groups in total. The molecule has 0 saturated carbocycles. The standard InChI is InChI=1S/C31H74O4Si5/c1-22-26-29(8,31(24-3,25-4)35-38(16,17)27(5)32-37(13,14)15)39(18,19)34-30(9,23-2)40(20,21)33-28(6,7)36(10,11)12/h27H,22-26H2,1-21H3. The van der Waals surface area contributed by atoms with Crippen LogP contribution < -0.4 is 0 Å². The molecule has 0 radical (unpaired) electrons. The van der Waals surface area contributed by atoms with E-state index in [0.29, 0.717) is 0 Å². The fourth-order valence-corrected chi connectivity index (χ4v) is 21.3. The molecule has 3 atom stereocenters. The number of hydrogen-bond donors (Lipinski definition) is 0. The van der Waals surface area contributed by atoms with E-state index >= 15 is 0 Å². The monoisotopic (exact) mass is 650 g/mol. The van der Waals surface area contributed by atoms with Crippen molar-refractivity contribution in [3.05, 3.63) is 0 Å². The van der Waals surface area contributed by atoms with Crippen LogP contribution in [-0.4, -0.2) is 63.1 Å². The van der Waals surface area contributed by atoms with Crippen molar-refractivity contribution in [2.45, 2.75) is 200 Å². The van der Waals surface area contributed by atoms with Crippen LogP contribution in [0.25, 0.3) is 0 Å². The molecule has 40 heavy (non-hydrogen) atoms. The highest BCUT2D eigenvalue weighted by atomic mass is 28.4. The summed E-state index contributed by atoms with van der Waals surface area (Å²) in [5, 5.41) is -0.470. The molecule has 0 heterocycles. The van der Waals surface area contributed by atoms with Crippen LogP contribution in [0.4, 0.5) is 0 Å². The molecular formula is C31H74O4Si5. The van der Waals surface area contributed by atoms with E-state index in [-0.39, 0.29) is 26.8 Å². The third-order valence-corrected chi connectivity index (χ3v) is 27.7. The zero-order valence-electron chi connectivity index (χ0n) is 31.2. The molecule has 0 aliphatic rings. The SMILES string of the molecule is CCCC(C)(C(CC)(CC)O[Si](C)(C)C(C)O[Si](C)(C)C)[Si](C)(C)OC(C)(CC)[Si](C)(C)OC(C)(C)[Si](C)(C)C. The molecule has 242 valence electrons. The second-order valence-electron chi connectivity index (χ2n) is 16.9. The third kappa shape index (κ3) is 8.99. The topological polar surface area (TPSA) is 36.9 Å². The molecule has 3 unspecified atom stereocenters. The van der Waals surface area contributed by atoms with Crippen molar-refractivity contribution in [1.82, 2.24) is 0 Å². The molecule has 0 fully saturated rings. The van der Waals surface area contributed by atoms with Gasteiger partial charge < -0.3 is 17.7 Å². The Labute approximate surface area is 258 Å².